The molecule has 0 spiro atoms. The van der Waals surface area contributed by atoms with Gasteiger partial charge in [0.25, 0.3) is 0 Å². The maximum atomic E-state index is 12.2. The van der Waals surface area contributed by atoms with Crippen LogP contribution in [0, 0.1) is 0 Å². The zero-order valence-electron chi connectivity index (χ0n) is 12.0. The molecule has 2 rings (SSSR count). The summed E-state index contributed by atoms with van der Waals surface area (Å²) < 4.78 is 27.0. The Kier molecular flexibility index (Phi) is 4.98. The summed E-state index contributed by atoms with van der Waals surface area (Å²) in [5.74, 6) is -0.0584. The van der Waals surface area contributed by atoms with Crippen LogP contribution in [-0.2, 0) is 22.2 Å². The van der Waals surface area contributed by atoms with E-state index in [-0.39, 0.29) is 11.8 Å². The minimum Gasteiger partial charge on any atom is -0.399 e. The highest BCUT2D eigenvalue weighted by molar-refractivity contribution is 7.88. The summed E-state index contributed by atoms with van der Waals surface area (Å²) in [6, 6.07) is 16.6. The van der Waals surface area contributed by atoms with Gasteiger partial charge in [0.05, 0.1) is 5.75 Å². The highest BCUT2D eigenvalue weighted by atomic mass is 32.2. The van der Waals surface area contributed by atoms with Crippen LogP contribution in [0.5, 0.6) is 0 Å². The summed E-state index contributed by atoms with van der Waals surface area (Å²) in [6.07, 6.45) is 0.664. The summed E-state index contributed by atoms with van der Waals surface area (Å²) in [5.41, 5.74) is 8.03. The van der Waals surface area contributed by atoms with Gasteiger partial charge in [0.15, 0.2) is 0 Å². The molecule has 0 radical (unpaired) electrons. The number of nitrogen functional groups attached to an aromatic ring is 1. The molecule has 4 nitrogen and oxygen atoms in total. The third kappa shape index (κ3) is 5.21. The first kappa shape index (κ1) is 15.5. The second kappa shape index (κ2) is 6.74. The Morgan fingerprint density at radius 1 is 1.05 bits per heavy atom. The van der Waals surface area contributed by atoms with Gasteiger partial charge in [-0.1, -0.05) is 42.5 Å². The van der Waals surface area contributed by atoms with Crippen molar-refractivity contribution in [2.75, 3.05) is 5.73 Å². The lowest BCUT2D eigenvalue weighted by molar-refractivity contribution is 0.559. The van der Waals surface area contributed by atoms with E-state index in [2.05, 4.69) is 4.72 Å². The summed E-state index contributed by atoms with van der Waals surface area (Å²) in [7, 11) is -3.38. The molecule has 0 aliphatic rings. The number of hydrogen-bond donors (Lipinski definition) is 2. The molecule has 0 aromatic heterocycles. The molecule has 0 amide bonds. The lowest BCUT2D eigenvalue weighted by Gasteiger charge is -2.14. The van der Waals surface area contributed by atoms with Crippen molar-refractivity contribution in [2.24, 2.45) is 0 Å². The van der Waals surface area contributed by atoms with E-state index in [0.717, 1.165) is 5.56 Å². The predicted octanol–water partition coefficient (Wildman–Crippen LogP) is 2.32. The van der Waals surface area contributed by atoms with Crippen LogP contribution in [0.2, 0.25) is 0 Å². The second-order valence-electron chi connectivity index (χ2n) is 5.21. The molecular formula is C16H20N2O2S. The average molecular weight is 304 g/mol. The van der Waals surface area contributed by atoms with Gasteiger partial charge >= 0.3 is 0 Å². The van der Waals surface area contributed by atoms with Gasteiger partial charge in [0.1, 0.15) is 0 Å². The van der Waals surface area contributed by atoms with Crippen LogP contribution < -0.4 is 10.5 Å². The molecule has 5 heteroatoms. The van der Waals surface area contributed by atoms with E-state index in [0.29, 0.717) is 17.7 Å². The molecule has 1 unspecified atom stereocenters. The van der Waals surface area contributed by atoms with E-state index in [1.807, 2.05) is 37.3 Å². The van der Waals surface area contributed by atoms with E-state index >= 15 is 0 Å². The van der Waals surface area contributed by atoms with Gasteiger partial charge in [0.2, 0.25) is 10.0 Å². The largest absolute Gasteiger partial charge is 0.399 e. The second-order valence-corrected chi connectivity index (χ2v) is 6.97. The fraction of sp³-hybridized carbons (Fsp3) is 0.250. The number of hydrogen-bond acceptors (Lipinski definition) is 3. The number of benzene rings is 2. The first-order valence-electron chi connectivity index (χ1n) is 6.83. The van der Waals surface area contributed by atoms with Gasteiger partial charge in [-0.3, -0.25) is 0 Å². The predicted molar refractivity (Wildman–Crippen MR) is 86.2 cm³/mol. The number of nitrogens with two attached hydrogens (primary N) is 1. The molecule has 0 saturated heterocycles. The normalized spacial score (nSPS) is 13.0. The van der Waals surface area contributed by atoms with Gasteiger partial charge in [-0.25, -0.2) is 13.1 Å². The standard InChI is InChI=1S/C16H20N2O2S/c1-13(10-14-6-3-2-4-7-14)18-21(19,20)12-15-8-5-9-16(17)11-15/h2-9,11,13,18H,10,12,17H2,1H3. The van der Waals surface area contributed by atoms with Gasteiger partial charge in [0, 0.05) is 11.7 Å². The van der Waals surface area contributed by atoms with E-state index in [9.17, 15) is 8.42 Å². The number of nitrogens with one attached hydrogen (secondary N) is 1. The van der Waals surface area contributed by atoms with Gasteiger partial charge in [-0.05, 0) is 36.6 Å². The van der Waals surface area contributed by atoms with Crippen LogP contribution in [0.4, 0.5) is 5.69 Å². The van der Waals surface area contributed by atoms with Gasteiger partial charge < -0.3 is 5.73 Å². The van der Waals surface area contributed by atoms with Crippen molar-refractivity contribution in [1.82, 2.24) is 4.72 Å². The van der Waals surface area contributed by atoms with Gasteiger partial charge in [-0.2, -0.15) is 0 Å². The number of anilines is 1. The number of sulfonamides is 1. The number of rotatable bonds is 6. The van der Waals surface area contributed by atoms with Crippen molar-refractivity contribution < 1.29 is 8.42 Å². The zero-order valence-corrected chi connectivity index (χ0v) is 12.8. The van der Waals surface area contributed by atoms with Crippen molar-refractivity contribution in [3.05, 3.63) is 65.7 Å². The SMILES string of the molecule is CC(Cc1ccccc1)NS(=O)(=O)Cc1cccc(N)c1. The van der Waals surface area contributed by atoms with Gasteiger partial charge in [-0.15, -0.1) is 0 Å². The van der Waals surface area contributed by atoms with Crippen molar-refractivity contribution >= 4 is 15.7 Å². The van der Waals surface area contributed by atoms with Crippen molar-refractivity contribution in [1.29, 1.82) is 0 Å². The summed E-state index contributed by atoms with van der Waals surface area (Å²) in [4.78, 5) is 0. The molecule has 1 atom stereocenters. The quantitative estimate of drug-likeness (QED) is 0.804. The Bertz CT molecular complexity index is 684. The molecule has 0 heterocycles. The highest BCUT2D eigenvalue weighted by Gasteiger charge is 2.15. The topological polar surface area (TPSA) is 72.2 Å². The third-order valence-electron chi connectivity index (χ3n) is 3.07. The van der Waals surface area contributed by atoms with Crippen molar-refractivity contribution in [3.63, 3.8) is 0 Å². The monoisotopic (exact) mass is 304 g/mol. The smallest absolute Gasteiger partial charge is 0.216 e. The fourth-order valence-electron chi connectivity index (χ4n) is 2.26. The van der Waals surface area contributed by atoms with E-state index in [4.69, 9.17) is 5.73 Å². The molecule has 21 heavy (non-hydrogen) atoms. The molecular weight excluding hydrogens is 284 g/mol. The Balaban J connectivity index is 1.97. The molecule has 0 aliphatic heterocycles. The summed E-state index contributed by atoms with van der Waals surface area (Å²) in [5, 5.41) is 0. The van der Waals surface area contributed by atoms with E-state index in [1.54, 1.807) is 24.3 Å². The van der Waals surface area contributed by atoms with Crippen LogP contribution in [0.3, 0.4) is 0 Å². The lowest BCUT2D eigenvalue weighted by atomic mass is 10.1. The molecule has 3 N–H and O–H groups in total. The van der Waals surface area contributed by atoms with Crippen LogP contribution in [0.15, 0.2) is 54.6 Å². The minimum atomic E-state index is -3.38. The van der Waals surface area contributed by atoms with Crippen molar-refractivity contribution in [2.45, 2.75) is 25.1 Å². The molecule has 2 aromatic carbocycles. The molecule has 0 aliphatic carbocycles. The fourth-order valence-corrected chi connectivity index (χ4v) is 3.66. The Morgan fingerprint density at radius 3 is 2.38 bits per heavy atom. The molecule has 0 bridgehead atoms. The summed E-state index contributed by atoms with van der Waals surface area (Å²) >= 11 is 0. The Labute approximate surface area is 126 Å². The first-order chi connectivity index (χ1) is 9.94. The molecule has 2 aromatic rings. The molecule has 0 fully saturated rings. The zero-order chi connectivity index (χ0) is 15.3. The molecule has 112 valence electrons. The maximum absolute atomic E-state index is 12.2. The lowest BCUT2D eigenvalue weighted by Crippen LogP contribution is -2.34. The Hall–Kier alpha value is -1.85. The average Bonchev–Trinajstić information content (AvgIpc) is 2.38. The summed E-state index contributed by atoms with van der Waals surface area (Å²) in [6.45, 7) is 1.86. The minimum absolute atomic E-state index is 0.0584. The van der Waals surface area contributed by atoms with E-state index in [1.165, 1.54) is 0 Å². The van der Waals surface area contributed by atoms with Crippen LogP contribution in [0.1, 0.15) is 18.1 Å². The van der Waals surface area contributed by atoms with Crippen LogP contribution >= 0.6 is 0 Å². The maximum Gasteiger partial charge on any atom is 0.216 e. The molecule has 0 saturated carbocycles. The first-order valence-corrected chi connectivity index (χ1v) is 8.48. The van der Waals surface area contributed by atoms with Crippen LogP contribution in [-0.4, -0.2) is 14.5 Å². The highest BCUT2D eigenvalue weighted by Crippen LogP contribution is 2.11. The Morgan fingerprint density at radius 2 is 1.71 bits per heavy atom. The van der Waals surface area contributed by atoms with E-state index < -0.39 is 10.0 Å². The third-order valence-corrected chi connectivity index (χ3v) is 4.55. The van der Waals surface area contributed by atoms with Crippen molar-refractivity contribution in [3.8, 4) is 0 Å². The van der Waals surface area contributed by atoms with Crippen LogP contribution in [0.25, 0.3) is 0 Å².